The normalized spacial score (nSPS) is 13.8. The summed E-state index contributed by atoms with van der Waals surface area (Å²) in [5.41, 5.74) is 0. The van der Waals surface area contributed by atoms with Crippen LogP contribution >= 0.6 is 11.3 Å². The number of aliphatic hydroxyl groups excluding tert-OH is 1. The first-order valence-electron chi connectivity index (χ1n) is 9.08. The second-order valence-corrected chi connectivity index (χ2v) is 7.67. The van der Waals surface area contributed by atoms with E-state index in [1.807, 2.05) is 13.1 Å². The molecule has 1 aromatic rings. The highest BCUT2D eigenvalue weighted by Gasteiger charge is 2.26. The first-order valence-corrected chi connectivity index (χ1v) is 9.90. The molecule has 2 amide bonds. The third-order valence-corrected chi connectivity index (χ3v) is 5.33. The zero-order valence-corrected chi connectivity index (χ0v) is 16.7. The van der Waals surface area contributed by atoms with E-state index in [1.165, 1.54) is 11.3 Å². The second kappa shape index (κ2) is 10.5. The molecule has 0 aliphatic carbocycles. The van der Waals surface area contributed by atoms with Crippen molar-refractivity contribution in [2.24, 2.45) is 5.92 Å². The van der Waals surface area contributed by atoms with Gasteiger partial charge in [-0.3, -0.25) is 9.59 Å². The SMILES string of the molecule is CCC[C@H](NC(=O)[C@@H](O)C(C)C)C(=O)Nc1ncc(C(CC)CC)s1. The van der Waals surface area contributed by atoms with Crippen molar-refractivity contribution >= 4 is 28.3 Å². The number of hydrogen-bond acceptors (Lipinski definition) is 5. The summed E-state index contributed by atoms with van der Waals surface area (Å²) in [6.07, 6.45) is 4.02. The first-order chi connectivity index (χ1) is 11.8. The molecule has 0 radical (unpaired) electrons. The van der Waals surface area contributed by atoms with Gasteiger partial charge in [0.05, 0.1) is 0 Å². The molecule has 0 aliphatic rings. The molecule has 6 nitrogen and oxygen atoms in total. The molecular weight excluding hydrogens is 338 g/mol. The molecule has 1 rings (SSSR count). The fourth-order valence-corrected chi connectivity index (χ4v) is 3.62. The van der Waals surface area contributed by atoms with E-state index in [9.17, 15) is 14.7 Å². The molecule has 3 N–H and O–H groups in total. The molecule has 0 bridgehead atoms. The van der Waals surface area contributed by atoms with Crippen molar-refractivity contribution in [2.75, 3.05) is 5.32 Å². The van der Waals surface area contributed by atoms with E-state index in [0.717, 1.165) is 24.1 Å². The standard InChI is InChI=1S/C18H31N3O3S/c1-6-9-13(20-17(24)15(22)11(4)5)16(23)21-18-19-10-14(25-18)12(7-2)8-3/h10-13,15,22H,6-9H2,1-5H3,(H,20,24)(H,19,21,23)/t13-,15-/m0/s1. The number of carbonyl (C=O) groups is 2. The number of rotatable bonds is 10. The zero-order valence-electron chi connectivity index (χ0n) is 15.8. The van der Waals surface area contributed by atoms with Gasteiger partial charge in [0.15, 0.2) is 5.13 Å². The number of nitrogens with one attached hydrogen (secondary N) is 2. The molecule has 142 valence electrons. The summed E-state index contributed by atoms with van der Waals surface area (Å²) in [7, 11) is 0. The maximum Gasteiger partial charge on any atom is 0.249 e. The van der Waals surface area contributed by atoms with Crippen molar-refractivity contribution in [1.29, 1.82) is 0 Å². The number of thiazole rings is 1. The lowest BCUT2D eigenvalue weighted by molar-refractivity contribution is -0.134. The van der Waals surface area contributed by atoms with E-state index in [0.29, 0.717) is 17.5 Å². The summed E-state index contributed by atoms with van der Waals surface area (Å²) in [6.45, 7) is 9.74. The minimum atomic E-state index is -1.12. The Labute approximate surface area is 154 Å². The molecule has 0 saturated heterocycles. The summed E-state index contributed by atoms with van der Waals surface area (Å²) in [6, 6.07) is -0.675. The molecule has 0 unspecified atom stereocenters. The molecule has 1 heterocycles. The molecule has 0 aromatic carbocycles. The zero-order chi connectivity index (χ0) is 19.0. The Morgan fingerprint density at radius 2 is 1.84 bits per heavy atom. The van der Waals surface area contributed by atoms with E-state index in [-0.39, 0.29) is 11.8 Å². The fraction of sp³-hybridized carbons (Fsp3) is 0.722. The number of hydrogen-bond donors (Lipinski definition) is 3. The van der Waals surface area contributed by atoms with Crippen LogP contribution in [0, 0.1) is 5.92 Å². The van der Waals surface area contributed by atoms with Crippen LogP contribution < -0.4 is 10.6 Å². The van der Waals surface area contributed by atoms with Gasteiger partial charge in [0, 0.05) is 11.1 Å². The summed E-state index contributed by atoms with van der Waals surface area (Å²) < 4.78 is 0. The molecule has 0 saturated carbocycles. The summed E-state index contributed by atoms with van der Waals surface area (Å²) >= 11 is 1.48. The lowest BCUT2D eigenvalue weighted by Crippen LogP contribution is -2.48. The predicted molar refractivity (Wildman–Crippen MR) is 102 cm³/mol. The van der Waals surface area contributed by atoms with Gasteiger partial charge in [-0.05, 0) is 31.1 Å². The van der Waals surface area contributed by atoms with Gasteiger partial charge in [-0.25, -0.2) is 4.98 Å². The number of nitrogens with zero attached hydrogens (tertiary/aromatic N) is 1. The van der Waals surface area contributed by atoms with Gasteiger partial charge >= 0.3 is 0 Å². The molecule has 1 aromatic heterocycles. The highest BCUT2D eigenvalue weighted by Crippen LogP contribution is 2.30. The minimum absolute atomic E-state index is 0.202. The Balaban J connectivity index is 2.75. The van der Waals surface area contributed by atoms with Crippen LogP contribution in [0.15, 0.2) is 6.20 Å². The number of anilines is 1. The quantitative estimate of drug-likeness (QED) is 0.590. The van der Waals surface area contributed by atoms with E-state index in [2.05, 4.69) is 29.5 Å². The number of amides is 2. The van der Waals surface area contributed by atoms with Crippen LogP contribution in [0.25, 0.3) is 0 Å². The smallest absolute Gasteiger partial charge is 0.249 e. The fourth-order valence-electron chi connectivity index (χ4n) is 2.53. The van der Waals surface area contributed by atoms with E-state index in [1.54, 1.807) is 13.8 Å². The van der Waals surface area contributed by atoms with Crippen LogP contribution in [-0.2, 0) is 9.59 Å². The van der Waals surface area contributed by atoms with Gasteiger partial charge < -0.3 is 15.7 Å². The van der Waals surface area contributed by atoms with Crippen LogP contribution in [0.5, 0.6) is 0 Å². The monoisotopic (exact) mass is 369 g/mol. The van der Waals surface area contributed by atoms with Gasteiger partial charge in [-0.2, -0.15) is 0 Å². The van der Waals surface area contributed by atoms with E-state index < -0.39 is 18.1 Å². The highest BCUT2D eigenvalue weighted by atomic mass is 32.1. The maximum absolute atomic E-state index is 12.5. The average Bonchev–Trinajstić information content (AvgIpc) is 3.02. The maximum atomic E-state index is 12.5. The van der Waals surface area contributed by atoms with Crippen molar-refractivity contribution in [1.82, 2.24) is 10.3 Å². The van der Waals surface area contributed by atoms with E-state index >= 15 is 0 Å². The largest absolute Gasteiger partial charge is 0.383 e. The Hall–Kier alpha value is -1.47. The van der Waals surface area contributed by atoms with Crippen LogP contribution in [0.2, 0.25) is 0 Å². The van der Waals surface area contributed by atoms with Crippen LogP contribution in [-0.4, -0.2) is 34.1 Å². The van der Waals surface area contributed by atoms with Crippen LogP contribution in [0.3, 0.4) is 0 Å². The van der Waals surface area contributed by atoms with E-state index in [4.69, 9.17) is 0 Å². The number of aliphatic hydroxyl groups is 1. The highest BCUT2D eigenvalue weighted by molar-refractivity contribution is 7.15. The topological polar surface area (TPSA) is 91.3 Å². The minimum Gasteiger partial charge on any atom is -0.383 e. The molecule has 2 atom stereocenters. The Morgan fingerprint density at radius 3 is 2.36 bits per heavy atom. The second-order valence-electron chi connectivity index (χ2n) is 6.61. The van der Waals surface area contributed by atoms with Gasteiger partial charge in [0.1, 0.15) is 12.1 Å². The molecule has 0 fully saturated rings. The summed E-state index contributed by atoms with van der Waals surface area (Å²) in [4.78, 5) is 30.0. The molecule has 0 spiro atoms. The van der Waals surface area contributed by atoms with Crippen molar-refractivity contribution in [2.45, 2.75) is 78.4 Å². The lowest BCUT2D eigenvalue weighted by atomic mass is 10.0. The van der Waals surface area contributed by atoms with Crippen molar-refractivity contribution in [3.05, 3.63) is 11.1 Å². The lowest BCUT2D eigenvalue weighted by Gasteiger charge is -2.20. The van der Waals surface area contributed by atoms with Gasteiger partial charge in [-0.15, -0.1) is 11.3 Å². The Bertz CT molecular complexity index is 556. The average molecular weight is 370 g/mol. The van der Waals surface area contributed by atoms with Crippen LogP contribution in [0.4, 0.5) is 5.13 Å². The number of carbonyl (C=O) groups excluding carboxylic acids is 2. The summed E-state index contributed by atoms with van der Waals surface area (Å²) in [5.74, 6) is -0.556. The first kappa shape index (κ1) is 21.6. The van der Waals surface area contributed by atoms with Gasteiger partial charge in [-0.1, -0.05) is 41.0 Å². The third kappa shape index (κ3) is 6.40. The predicted octanol–water partition coefficient (Wildman–Crippen LogP) is 3.29. The molecule has 25 heavy (non-hydrogen) atoms. The van der Waals surface area contributed by atoms with Crippen molar-refractivity contribution < 1.29 is 14.7 Å². The molecule has 7 heteroatoms. The summed E-state index contributed by atoms with van der Waals surface area (Å²) in [5, 5.41) is 15.8. The number of aromatic nitrogens is 1. The van der Waals surface area contributed by atoms with Crippen molar-refractivity contribution in [3.8, 4) is 0 Å². The Morgan fingerprint density at radius 1 is 1.20 bits per heavy atom. The molecule has 0 aliphatic heterocycles. The van der Waals surface area contributed by atoms with Crippen molar-refractivity contribution in [3.63, 3.8) is 0 Å². The molecular formula is C18H31N3O3S. The third-order valence-electron chi connectivity index (χ3n) is 4.25. The van der Waals surface area contributed by atoms with Gasteiger partial charge in [0.25, 0.3) is 0 Å². The van der Waals surface area contributed by atoms with Crippen LogP contribution in [0.1, 0.15) is 71.1 Å². The van der Waals surface area contributed by atoms with Gasteiger partial charge in [0.2, 0.25) is 11.8 Å². The Kier molecular flexibility index (Phi) is 9.06.